The Hall–Kier alpha value is -0.280. The lowest BCUT2D eigenvalue weighted by Crippen LogP contribution is -2.33. The van der Waals surface area contributed by atoms with Gasteiger partial charge in [-0.1, -0.05) is 23.2 Å². The van der Waals surface area contributed by atoms with Crippen LogP contribution in [0.1, 0.15) is 23.7 Å². The van der Waals surface area contributed by atoms with E-state index in [4.69, 9.17) is 28.9 Å². The lowest BCUT2D eigenvalue weighted by molar-refractivity contribution is 0.134. The normalized spacial score (nSPS) is 26.0. The van der Waals surface area contributed by atoms with Crippen molar-refractivity contribution in [2.45, 2.75) is 25.0 Å². The fourth-order valence-electron chi connectivity index (χ4n) is 1.87. The molecular weight excluding hydrogens is 221 g/mol. The van der Waals surface area contributed by atoms with E-state index in [1.165, 1.54) is 0 Å². The molecule has 1 aliphatic rings. The Kier molecular flexibility index (Phi) is 2.71. The molecule has 0 saturated carbocycles. The van der Waals surface area contributed by atoms with Crippen LogP contribution in [0.4, 0.5) is 0 Å². The van der Waals surface area contributed by atoms with Crippen molar-refractivity contribution in [3.8, 4) is 0 Å². The summed E-state index contributed by atoms with van der Waals surface area (Å²) in [6, 6.07) is 3.27. The molecule has 1 aliphatic carbocycles. The average molecular weight is 232 g/mol. The summed E-state index contributed by atoms with van der Waals surface area (Å²) in [4.78, 5) is 0. The molecule has 0 unspecified atom stereocenters. The monoisotopic (exact) mass is 231 g/mol. The molecule has 4 heteroatoms. The first-order valence-corrected chi connectivity index (χ1v) is 5.26. The molecule has 0 aliphatic heterocycles. The zero-order chi connectivity index (χ0) is 10.3. The van der Waals surface area contributed by atoms with Crippen molar-refractivity contribution in [2.24, 2.45) is 5.73 Å². The van der Waals surface area contributed by atoms with E-state index in [0.717, 1.165) is 24.0 Å². The van der Waals surface area contributed by atoms with Gasteiger partial charge in [0.1, 0.15) is 0 Å². The highest BCUT2D eigenvalue weighted by molar-refractivity contribution is 6.35. The lowest BCUT2D eigenvalue weighted by atomic mass is 9.86. The minimum Gasteiger partial charge on any atom is -0.387 e. The maximum atomic E-state index is 9.85. The predicted octanol–water partition coefficient (Wildman–Crippen LogP) is 2.30. The number of fused-ring (bicyclic) bond motifs is 1. The van der Waals surface area contributed by atoms with Gasteiger partial charge in [0, 0.05) is 21.7 Å². The van der Waals surface area contributed by atoms with Crippen LogP contribution in [0.15, 0.2) is 12.1 Å². The number of hydrogen-bond donors (Lipinski definition) is 2. The topological polar surface area (TPSA) is 46.2 Å². The van der Waals surface area contributed by atoms with Crippen LogP contribution in [-0.2, 0) is 6.42 Å². The van der Waals surface area contributed by atoms with E-state index in [2.05, 4.69) is 0 Å². The van der Waals surface area contributed by atoms with Gasteiger partial charge in [-0.15, -0.1) is 0 Å². The van der Waals surface area contributed by atoms with Crippen molar-refractivity contribution in [3.05, 3.63) is 33.3 Å². The van der Waals surface area contributed by atoms with Gasteiger partial charge in [0.05, 0.1) is 6.10 Å². The highest BCUT2D eigenvalue weighted by Gasteiger charge is 2.27. The third-order valence-corrected chi connectivity index (χ3v) is 3.16. The smallest absolute Gasteiger partial charge is 0.0958 e. The van der Waals surface area contributed by atoms with Crippen LogP contribution in [0.2, 0.25) is 10.0 Å². The van der Waals surface area contributed by atoms with E-state index in [1.54, 1.807) is 6.07 Å². The van der Waals surface area contributed by atoms with Crippen LogP contribution >= 0.6 is 23.2 Å². The van der Waals surface area contributed by atoms with Crippen LogP contribution in [0, 0.1) is 0 Å². The van der Waals surface area contributed by atoms with Crippen LogP contribution in [0.5, 0.6) is 0 Å². The van der Waals surface area contributed by atoms with Gasteiger partial charge >= 0.3 is 0 Å². The van der Waals surface area contributed by atoms with Crippen molar-refractivity contribution >= 4 is 23.2 Å². The highest BCUT2D eigenvalue weighted by atomic mass is 35.5. The van der Waals surface area contributed by atoms with Gasteiger partial charge in [0.15, 0.2) is 0 Å². The second kappa shape index (κ2) is 3.70. The minimum absolute atomic E-state index is 0.221. The molecule has 2 nitrogen and oxygen atoms in total. The van der Waals surface area contributed by atoms with E-state index in [9.17, 15) is 5.11 Å². The third kappa shape index (κ3) is 1.63. The Bertz CT molecular complexity index is 367. The molecule has 0 amide bonds. The van der Waals surface area contributed by atoms with E-state index in [-0.39, 0.29) is 6.04 Å². The molecule has 2 rings (SSSR count). The molecule has 1 aromatic carbocycles. The number of hydrogen-bond acceptors (Lipinski definition) is 2. The zero-order valence-electron chi connectivity index (χ0n) is 7.50. The quantitative estimate of drug-likeness (QED) is 0.720. The van der Waals surface area contributed by atoms with Gasteiger partial charge in [-0.25, -0.2) is 0 Å². The molecular formula is C10H11Cl2NO. The SMILES string of the molecule is N[C@@H]1CCc2cc(Cl)cc(Cl)c2[C@H]1O. The van der Waals surface area contributed by atoms with E-state index in [0.29, 0.717) is 10.0 Å². The molecule has 2 atom stereocenters. The lowest BCUT2D eigenvalue weighted by Gasteiger charge is -2.28. The summed E-state index contributed by atoms with van der Waals surface area (Å²) < 4.78 is 0. The predicted molar refractivity (Wildman–Crippen MR) is 57.7 cm³/mol. The van der Waals surface area contributed by atoms with Crippen LogP contribution < -0.4 is 5.73 Å². The molecule has 1 aromatic rings. The molecule has 0 fully saturated rings. The van der Waals surface area contributed by atoms with Crippen LogP contribution in [0.3, 0.4) is 0 Å². The summed E-state index contributed by atoms with van der Waals surface area (Å²) in [5.41, 5.74) is 7.51. The molecule has 14 heavy (non-hydrogen) atoms. The number of rotatable bonds is 0. The number of benzene rings is 1. The Balaban J connectivity index is 2.54. The molecule has 0 heterocycles. The van der Waals surface area contributed by atoms with Gasteiger partial charge in [0.25, 0.3) is 0 Å². The van der Waals surface area contributed by atoms with Crippen molar-refractivity contribution in [2.75, 3.05) is 0 Å². The molecule has 0 bridgehead atoms. The fourth-order valence-corrected chi connectivity index (χ4v) is 2.52. The highest BCUT2D eigenvalue weighted by Crippen LogP contribution is 2.36. The molecule has 0 radical (unpaired) electrons. The summed E-state index contributed by atoms with van der Waals surface area (Å²) in [7, 11) is 0. The number of halogens is 2. The summed E-state index contributed by atoms with van der Waals surface area (Å²) in [5.74, 6) is 0. The summed E-state index contributed by atoms with van der Waals surface area (Å²) in [6.07, 6.45) is 0.932. The number of aryl methyl sites for hydroxylation is 1. The Labute approximate surface area is 92.6 Å². The molecule has 0 spiro atoms. The fraction of sp³-hybridized carbons (Fsp3) is 0.400. The van der Waals surface area contributed by atoms with Gasteiger partial charge in [-0.2, -0.15) is 0 Å². The third-order valence-electron chi connectivity index (χ3n) is 2.63. The van der Waals surface area contributed by atoms with Crippen molar-refractivity contribution in [3.63, 3.8) is 0 Å². The Morgan fingerprint density at radius 1 is 1.36 bits per heavy atom. The number of aliphatic hydroxyl groups excluding tert-OH is 1. The van der Waals surface area contributed by atoms with Crippen molar-refractivity contribution in [1.82, 2.24) is 0 Å². The van der Waals surface area contributed by atoms with Gasteiger partial charge < -0.3 is 10.8 Å². The first-order valence-electron chi connectivity index (χ1n) is 4.51. The van der Waals surface area contributed by atoms with Crippen molar-refractivity contribution in [1.29, 1.82) is 0 Å². The molecule has 0 aromatic heterocycles. The number of nitrogens with two attached hydrogens (primary N) is 1. The average Bonchev–Trinajstić information content (AvgIpc) is 2.10. The summed E-state index contributed by atoms with van der Waals surface area (Å²) in [5, 5.41) is 11.0. The van der Waals surface area contributed by atoms with Gasteiger partial charge in [0.2, 0.25) is 0 Å². The largest absolute Gasteiger partial charge is 0.387 e. The zero-order valence-corrected chi connectivity index (χ0v) is 9.02. The maximum Gasteiger partial charge on any atom is 0.0958 e. The molecule has 0 saturated heterocycles. The second-order valence-electron chi connectivity index (χ2n) is 3.61. The summed E-state index contributed by atoms with van der Waals surface area (Å²) in [6.45, 7) is 0. The minimum atomic E-state index is -0.663. The first-order chi connectivity index (χ1) is 6.59. The molecule has 76 valence electrons. The first kappa shape index (κ1) is 10.2. The van der Waals surface area contributed by atoms with E-state index in [1.807, 2.05) is 6.07 Å². The second-order valence-corrected chi connectivity index (χ2v) is 4.45. The van der Waals surface area contributed by atoms with Crippen molar-refractivity contribution < 1.29 is 5.11 Å². The Morgan fingerprint density at radius 2 is 2.07 bits per heavy atom. The van der Waals surface area contributed by atoms with Gasteiger partial charge in [-0.05, 0) is 30.5 Å². The maximum absolute atomic E-state index is 9.85. The standard InChI is InChI=1S/C10H11Cl2NO/c11-6-3-5-1-2-8(13)10(14)9(5)7(12)4-6/h3-4,8,10,14H,1-2,13H2/t8-,10+/m1/s1. The summed E-state index contributed by atoms with van der Waals surface area (Å²) >= 11 is 11.9. The van der Waals surface area contributed by atoms with E-state index >= 15 is 0 Å². The Morgan fingerprint density at radius 3 is 2.79 bits per heavy atom. The van der Waals surface area contributed by atoms with Gasteiger partial charge in [-0.3, -0.25) is 0 Å². The van der Waals surface area contributed by atoms with Crippen LogP contribution in [0.25, 0.3) is 0 Å². The number of aliphatic hydroxyl groups is 1. The molecule has 3 N–H and O–H groups in total. The van der Waals surface area contributed by atoms with E-state index < -0.39 is 6.10 Å². The van der Waals surface area contributed by atoms with Crippen LogP contribution in [-0.4, -0.2) is 11.1 Å².